The van der Waals surface area contributed by atoms with E-state index >= 15 is 0 Å². The summed E-state index contributed by atoms with van der Waals surface area (Å²) in [4.78, 5) is 0. The monoisotopic (exact) mass is 243 g/mol. The van der Waals surface area contributed by atoms with Gasteiger partial charge in [-0.3, -0.25) is 0 Å². The number of fused-ring (bicyclic) bond motifs is 1. The van der Waals surface area contributed by atoms with Gasteiger partial charge in [0, 0.05) is 0 Å². The maximum atomic E-state index is 13.5. The lowest BCUT2D eigenvalue weighted by molar-refractivity contribution is 0.414. The highest BCUT2D eigenvalue weighted by Crippen LogP contribution is 2.20. The van der Waals surface area contributed by atoms with Crippen LogP contribution in [0.5, 0.6) is 5.75 Å². The third-order valence-electron chi connectivity index (χ3n) is 2.74. The number of hydrogen-bond donors (Lipinski definition) is 0. The van der Waals surface area contributed by atoms with Crippen LogP contribution < -0.4 is 4.74 Å². The van der Waals surface area contributed by atoms with Crippen LogP contribution in [0.3, 0.4) is 0 Å². The fourth-order valence-electron chi connectivity index (χ4n) is 1.83. The van der Waals surface area contributed by atoms with Gasteiger partial charge in [0.2, 0.25) is 0 Å². The van der Waals surface area contributed by atoms with Crippen LogP contribution in [0.4, 0.5) is 4.39 Å². The fraction of sp³-hybridized carbons (Fsp3) is 0.0769. The predicted molar refractivity (Wildman–Crippen MR) is 65.4 cm³/mol. The molecule has 18 heavy (non-hydrogen) atoms. The maximum absolute atomic E-state index is 13.5. The second kappa shape index (κ2) is 4.10. The first-order valence-corrected chi connectivity index (χ1v) is 5.44. The number of nitrogens with zero attached hydrogens (tertiary/aromatic N) is 3. The van der Waals surface area contributed by atoms with Gasteiger partial charge < -0.3 is 4.74 Å². The van der Waals surface area contributed by atoms with Gasteiger partial charge in [-0.25, -0.2) is 9.07 Å². The minimum atomic E-state index is -0.368. The van der Waals surface area contributed by atoms with Gasteiger partial charge in [-0.05, 0) is 36.4 Å². The third kappa shape index (κ3) is 1.60. The minimum Gasteiger partial charge on any atom is -0.497 e. The summed E-state index contributed by atoms with van der Waals surface area (Å²) in [5, 5.41) is 7.81. The van der Waals surface area contributed by atoms with Crippen LogP contribution >= 0.6 is 0 Å². The summed E-state index contributed by atoms with van der Waals surface area (Å²) in [6, 6.07) is 12.1. The van der Waals surface area contributed by atoms with Gasteiger partial charge in [0.1, 0.15) is 11.3 Å². The van der Waals surface area contributed by atoms with Gasteiger partial charge in [0.05, 0.1) is 18.3 Å². The van der Waals surface area contributed by atoms with Crippen molar-refractivity contribution in [3.63, 3.8) is 0 Å². The lowest BCUT2D eigenvalue weighted by Crippen LogP contribution is -1.96. The number of benzene rings is 2. The molecule has 0 bridgehead atoms. The molecule has 0 atom stereocenters. The number of aromatic nitrogens is 3. The van der Waals surface area contributed by atoms with E-state index in [1.54, 1.807) is 23.9 Å². The van der Waals surface area contributed by atoms with Crippen molar-refractivity contribution in [3.8, 4) is 11.4 Å². The molecule has 3 rings (SSSR count). The Labute approximate surface area is 103 Å². The molecule has 0 unspecified atom stereocenters. The van der Waals surface area contributed by atoms with E-state index in [2.05, 4.69) is 10.3 Å². The molecule has 5 heteroatoms. The Morgan fingerprint density at radius 3 is 2.61 bits per heavy atom. The van der Waals surface area contributed by atoms with E-state index in [1.165, 1.54) is 6.07 Å². The summed E-state index contributed by atoms with van der Waals surface area (Å²) >= 11 is 0. The fourth-order valence-corrected chi connectivity index (χ4v) is 1.83. The zero-order valence-electron chi connectivity index (χ0n) is 9.67. The van der Waals surface area contributed by atoms with Gasteiger partial charge in [0.25, 0.3) is 0 Å². The molecule has 1 heterocycles. The van der Waals surface area contributed by atoms with Crippen LogP contribution in [-0.2, 0) is 0 Å². The Hall–Kier alpha value is -2.43. The summed E-state index contributed by atoms with van der Waals surface area (Å²) in [6.45, 7) is 0. The topological polar surface area (TPSA) is 39.9 Å². The standard InChI is InChI=1S/C13H10FN3O/c1-18-10-7-5-9(6-8-10)17-12-4-2-3-11(14)13(12)15-16-17/h2-8H,1H3. The molecule has 0 aliphatic heterocycles. The quantitative estimate of drug-likeness (QED) is 0.694. The van der Waals surface area contributed by atoms with Crippen molar-refractivity contribution in [2.24, 2.45) is 0 Å². The van der Waals surface area contributed by atoms with Crippen molar-refractivity contribution in [2.45, 2.75) is 0 Å². The smallest absolute Gasteiger partial charge is 0.153 e. The molecular formula is C13H10FN3O. The van der Waals surface area contributed by atoms with Crippen LogP contribution in [0.1, 0.15) is 0 Å². The Balaban J connectivity index is 2.16. The highest BCUT2D eigenvalue weighted by atomic mass is 19.1. The van der Waals surface area contributed by atoms with E-state index in [1.807, 2.05) is 24.3 Å². The molecule has 0 N–H and O–H groups in total. The number of ether oxygens (including phenoxy) is 1. The molecule has 0 saturated carbocycles. The Morgan fingerprint density at radius 1 is 1.11 bits per heavy atom. The van der Waals surface area contributed by atoms with Gasteiger partial charge in [-0.2, -0.15) is 0 Å². The SMILES string of the molecule is COc1ccc(-n2nnc3c(F)cccc32)cc1. The second-order valence-electron chi connectivity index (χ2n) is 3.81. The van der Waals surface area contributed by atoms with Crippen molar-refractivity contribution in [2.75, 3.05) is 7.11 Å². The van der Waals surface area contributed by atoms with Crippen molar-refractivity contribution in [1.82, 2.24) is 15.0 Å². The van der Waals surface area contributed by atoms with Crippen LogP contribution in [0.25, 0.3) is 16.7 Å². The molecule has 0 spiro atoms. The van der Waals surface area contributed by atoms with E-state index in [9.17, 15) is 4.39 Å². The van der Waals surface area contributed by atoms with Gasteiger partial charge in [0.15, 0.2) is 5.82 Å². The normalized spacial score (nSPS) is 10.8. The molecule has 0 fully saturated rings. The van der Waals surface area contributed by atoms with E-state index in [0.717, 1.165) is 11.4 Å². The predicted octanol–water partition coefficient (Wildman–Crippen LogP) is 2.57. The van der Waals surface area contributed by atoms with Crippen molar-refractivity contribution >= 4 is 11.0 Å². The molecule has 0 radical (unpaired) electrons. The molecule has 2 aromatic carbocycles. The highest BCUT2D eigenvalue weighted by molar-refractivity contribution is 5.76. The highest BCUT2D eigenvalue weighted by Gasteiger charge is 2.09. The second-order valence-corrected chi connectivity index (χ2v) is 3.81. The van der Waals surface area contributed by atoms with E-state index in [4.69, 9.17) is 4.74 Å². The molecule has 0 amide bonds. The lowest BCUT2D eigenvalue weighted by atomic mass is 10.2. The first kappa shape index (κ1) is 10.7. The molecular weight excluding hydrogens is 233 g/mol. The van der Waals surface area contributed by atoms with Crippen molar-refractivity contribution < 1.29 is 9.13 Å². The van der Waals surface area contributed by atoms with Crippen molar-refractivity contribution in [1.29, 1.82) is 0 Å². The van der Waals surface area contributed by atoms with E-state index < -0.39 is 0 Å². The summed E-state index contributed by atoms with van der Waals surface area (Å²) in [5.41, 5.74) is 1.72. The van der Waals surface area contributed by atoms with Gasteiger partial charge in [-0.15, -0.1) is 5.10 Å². The van der Waals surface area contributed by atoms with Gasteiger partial charge in [-0.1, -0.05) is 11.3 Å². The average molecular weight is 243 g/mol. The minimum absolute atomic E-state index is 0.272. The lowest BCUT2D eigenvalue weighted by Gasteiger charge is -2.03. The van der Waals surface area contributed by atoms with Crippen LogP contribution in [0.15, 0.2) is 42.5 Å². The molecule has 4 nitrogen and oxygen atoms in total. The average Bonchev–Trinajstić information content (AvgIpc) is 2.84. The van der Waals surface area contributed by atoms with Crippen LogP contribution in [0.2, 0.25) is 0 Å². The maximum Gasteiger partial charge on any atom is 0.153 e. The zero-order chi connectivity index (χ0) is 12.5. The molecule has 0 aliphatic rings. The molecule has 90 valence electrons. The third-order valence-corrected chi connectivity index (χ3v) is 2.74. The van der Waals surface area contributed by atoms with E-state index in [0.29, 0.717) is 5.52 Å². The van der Waals surface area contributed by atoms with Crippen LogP contribution in [0, 0.1) is 5.82 Å². The summed E-state index contributed by atoms with van der Waals surface area (Å²) in [7, 11) is 1.61. The largest absolute Gasteiger partial charge is 0.497 e. The number of rotatable bonds is 2. The first-order valence-electron chi connectivity index (χ1n) is 5.44. The summed E-state index contributed by atoms with van der Waals surface area (Å²) < 4.78 is 20.2. The number of methoxy groups -OCH3 is 1. The molecule has 0 saturated heterocycles. The Morgan fingerprint density at radius 2 is 1.89 bits per heavy atom. The van der Waals surface area contributed by atoms with Crippen molar-refractivity contribution in [3.05, 3.63) is 48.3 Å². The molecule has 1 aromatic heterocycles. The zero-order valence-corrected chi connectivity index (χ0v) is 9.67. The van der Waals surface area contributed by atoms with E-state index in [-0.39, 0.29) is 11.3 Å². The number of hydrogen-bond acceptors (Lipinski definition) is 3. The summed E-state index contributed by atoms with van der Waals surface area (Å²) in [5.74, 6) is 0.390. The molecule has 0 aliphatic carbocycles. The summed E-state index contributed by atoms with van der Waals surface area (Å²) in [6.07, 6.45) is 0. The Bertz CT molecular complexity index is 691. The van der Waals surface area contributed by atoms with Gasteiger partial charge >= 0.3 is 0 Å². The molecule has 3 aromatic rings. The number of halogens is 1. The Kier molecular flexibility index (Phi) is 2.44. The van der Waals surface area contributed by atoms with Crippen LogP contribution in [-0.4, -0.2) is 22.1 Å². The first-order chi connectivity index (χ1) is 8.79.